The Morgan fingerprint density at radius 1 is 0.875 bits per heavy atom. The number of nitrogens with one attached hydrogen (secondary N) is 4. The van der Waals surface area contributed by atoms with E-state index in [-0.39, 0.29) is 31.0 Å². The average molecular weight is 553 g/mol. The molecule has 0 unspecified atom stereocenters. The molecule has 0 radical (unpaired) electrons. The van der Waals surface area contributed by atoms with Crippen molar-refractivity contribution in [1.29, 1.82) is 0 Å². The van der Waals surface area contributed by atoms with Crippen molar-refractivity contribution in [3.63, 3.8) is 0 Å². The minimum Gasteiger partial charge on any atom is -0.395 e. The summed E-state index contributed by atoms with van der Waals surface area (Å²) in [6.45, 7) is 3.31. The van der Waals surface area contributed by atoms with Gasteiger partial charge in [-0.3, -0.25) is 9.59 Å². The molecular formula is C27H36N8O5. The number of ether oxygens (including phenoxy) is 2. The van der Waals surface area contributed by atoms with Crippen LogP contribution in [-0.4, -0.2) is 91.5 Å². The Bertz CT molecular complexity index is 1200. The second-order valence-electron chi connectivity index (χ2n) is 8.47. The van der Waals surface area contributed by atoms with Gasteiger partial charge in [0.15, 0.2) is 0 Å². The summed E-state index contributed by atoms with van der Waals surface area (Å²) in [5.41, 5.74) is 8.11. The molecule has 1 amide bonds. The van der Waals surface area contributed by atoms with Gasteiger partial charge in [0.25, 0.3) is 5.91 Å². The second-order valence-corrected chi connectivity index (χ2v) is 8.47. The quantitative estimate of drug-likeness (QED) is 0.0923. The number of aldehydes is 1. The van der Waals surface area contributed by atoms with E-state index < -0.39 is 0 Å². The highest BCUT2D eigenvalue weighted by atomic mass is 16.5. The van der Waals surface area contributed by atoms with Crippen LogP contribution in [0.25, 0.3) is 0 Å². The maximum atomic E-state index is 12.6. The number of nitrogens with two attached hydrogens (primary N) is 1. The van der Waals surface area contributed by atoms with Crippen molar-refractivity contribution < 1.29 is 24.2 Å². The summed E-state index contributed by atoms with van der Waals surface area (Å²) in [7, 11) is 0. The van der Waals surface area contributed by atoms with Crippen LogP contribution in [0.3, 0.4) is 0 Å². The summed E-state index contributed by atoms with van der Waals surface area (Å²) >= 11 is 0. The van der Waals surface area contributed by atoms with Gasteiger partial charge in [-0.25, -0.2) is 0 Å². The van der Waals surface area contributed by atoms with E-state index in [0.29, 0.717) is 75.2 Å². The minimum absolute atomic E-state index is 0.0851. The molecule has 40 heavy (non-hydrogen) atoms. The van der Waals surface area contributed by atoms with Gasteiger partial charge in [-0.05, 0) is 30.2 Å². The van der Waals surface area contributed by atoms with E-state index >= 15 is 0 Å². The number of rotatable bonds is 19. The molecular weight excluding hydrogens is 516 g/mol. The molecule has 1 aromatic heterocycles. The first kappa shape index (κ1) is 30.4. The Hall–Kier alpha value is -4.17. The predicted octanol–water partition coefficient (Wildman–Crippen LogP) is 1.21. The molecule has 1 heterocycles. The van der Waals surface area contributed by atoms with Crippen molar-refractivity contribution in [1.82, 2.24) is 20.3 Å². The summed E-state index contributed by atoms with van der Waals surface area (Å²) in [5, 5.41) is 21.2. The Morgan fingerprint density at radius 2 is 1.57 bits per heavy atom. The molecule has 0 aliphatic heterocycles. The summed E-state index contributed by atoms with van der Waals surface area (Å²) in [6.07, 6.45) is 1.50. The zero-order chi connectivity index (χ0) is 28.4. The van der Waals surface area contributed by atoms with Gasteiger partial charge in [-0.15, -0.1) is 0 Å². The maximum Gasteiger partial charge on any atom is 0.251 e. The number of aromatic nitrogens is 3. The first-order valence-electron chi connectivity index (χ1n) is 13.0. The number of anilines is 4. The van der Waals surface area contributed by atoms with Gasteiger partial charge in [-0.1, -0.05) is 30.3 Å². The fraction of sp³-hybridized carbons (Fsp3) is 0.370. The molecule has 7 N–H and O–H groups in total. The van der Waals surface area contributed by atoms with E-state index in [9.17, 15) is 14.7 Å². The lowest BCUT2D eigenvalue weighted by Crippen LogP contribution is -2.27. The van der Waals surface area contributed by atoms with Crippen molar-refractivity contribution in [3.05, 3.63) is 65.2 Å². The summed E-state index contributed by atoms with van der Waals surface area (Å²) < 4.78 is 10.7. The van der Waals surface area contributed by atoms with Crippen LogP contribution < -0.4 is 27.0 Å². The van der Waals surface area contributed by atoms with E-state index in [1.807, 2.05) is 12.1 Å². The molecule has 0 bridgehead atoms. The summed E-state index contributed by atoms with van der Waals surface area (Å²) in [6, 6.07) is 14.3. The molecule has 3 rings (SSSR count). The van der Waals surface area contributed by atoms with Crippen molar-refractivity contribution in [3.8, 4) is 0 Å². The number of aliphatic hydroxyl groups is 1. The number of aliphatic hydroxyl groups excluding tert-OH is 1. The SMILES string of the molecule is NCCOCCOCCNC(=O)c1cccc(Nc2nc(NCCO)nc(NCCc3ccc(C=O)cc3)n2)c1. The lowest BCUT2D eigenvalue weighted by molar-refractivity contribution is 0.0511. The van der Waals surface area contributed by atoms with E-state index in [4.69, 9.17) is 15.2 Å². The zero-order valence-corrected chi connectivity index (χ0v) is 22.3. The largest absolute Gasteiger partial charge is 0.395 e. The molecule has 0 aliphatic carbocycles. The number of nitrogens with zero attached hydrogens (tertiary/aromatic N) is 3. The monoisotopic (exact) mass is 552 g/mol. The topological polar surface area (TPSA) is 186 Å². The molecule has 2 aromatic carbocycles. The van der Waals surface area contributed by atoms with Gasteiger partial charge in [0.2, 0.25) is 17.8 Å². The normalized spacial score (nSPS) is 10.7. The molecule has 3 aromatic rings. The smallest absolute Gasteiger partial charge is 0.251 e. The third-order valence-electron chi connectivity index (χ3n) is 5.39. The van der Waals surface area contributed by atoms with Gasteiger partial charge in [-0.2, -0.15) is 15.0 Å². The first-order chi connectivity index (χ1) is 19.6. The van der Waals surface area contributed by atoms with E-state index in [1.165, 1.54) is 0 Å². The number of carbonyl (C=O) groups is 2. The van der Waals surface area contributed by atoms with Crippen LogP contribution in [0.2, 0.25) is 0 Å². The van der Waals surface area contributed by atoms with Crippen LogP contribution in [0.5, 0.6) is 0 Å². The Labute approximate surface area is 232 Å². The molecule has 0 saturated heterocycles. The molecule has 0 atom stereocenters. The fourth-order valence-corrected chi connectivity index (χ4v) is 3.45. The number of carbonyl (C=O) groups excluding carboxylic acids is 2. The van der Waals surface area contributed by atoms with Crippen LogP contribution in [0.15, 0.2) is 48.5 Å². The molecule has 214 valence electrons. The minimum atomic E-state index is -0.240. The highest BCUT2D eigenvalue weighted by Gasteiger charge is 2.10. The van der Waals surface area contributed by atoms with Crippen molar-refractivity contribution in [2.24, 2.45) is 5.73 Å². The van der Waals surface area contributed by atoms with E-state index in [0.717, 1.165) is 11.8 Å². The third-order valence-corrected chi connectivity index (χ3v) is 5.39. The van der Waals surface area contributed by atoms with Gasteiger partial charge in [0.1, 0.15) is 6.29 Å². The van der Waals surface area contributed by atoms with Gasteiger partial charge < -0.3 is 41.6 Å². The lowest BCUT2D eigenvalue weighted by atomic mass is 10.1. The highest BCUT2D eigenvalue weighted by molar-refractivity contribution is 5.95. The molecule has 13 heteroatoms. The number of hydrogen-bond acceptors (Lipinski definition) is 12. The molecule has 0 fully saturated rings. The Kier molecular flexibility index (Phi) is 13.2. The number of amides is 1. The standard InChI is InChI=1S/C27H36N8O5/c28-9-14-39-16-17-40-15-12-29-24(38)22-2-1-3-23(18-22)32-27-34-25(33-26(35-27)31-11-13-36)30-10-8-20-4-6-21(19-37)7-5-20/h1-7,18-19,36H,8-17,28H2,(H,29,38)(H3,30,31,32,33,34,35). The van der Waals surface area contributed by atoms with Gasteiger partial charge in [0.05, 0.1) is 33.0 Å². The van der Waals surface area contributed by atoms with Crippen LogP contribution in [0.1, 0.15) is 26.3 Å². The van der Waals surface area contributed by atoms with Crippen molar-refractivity contribution in [2.45, 2.75) is 6.42 Å². The predicted molar refractivity (Wildman–Crippen MR) is 152 cm³/mol. The lowest BCUT2D eigenvalue weighted by Gasteiger charge is -2.12. The van der Waals surface area contributed by atoms with Crippen LogP contribution in [0.4, 0.5) is 23.5 Å². The second kappa shape index (κ2) is 17.4. The summed E-state index contributed by atoms with van der Waals surface area (Å²) in [5.74, 6) is 0.642. The van der Waals surface area contributed by atoms with Crippen LogP contribution in [0, 0.1) is 0 Å². The van der Waals surface area contributed by atoms with Crippen LogP contribution >= 0.6 is 0 Å². The fourth-order valence-electron chi connectivity index (χ4n) is 3.45. The Balaban J connectivity index is 1.56. The van der Waals surface area contributed by atoms with Crippen molar-refractivity contribution in [2.75, 3.05) is 75.2 Å². The van der Waals surface area contributed by atoms with Gasteiger partial charge in [0, 0.05) is 43.0 Å². The highest BCUT2D eigenvalue weighted by Crippen LogP contribution is 2.17. The first-order valence-corrected chi connectivity index (χ1v) is 13.0. The molecule has 0 aliphatic rings. The van der Waals surface area contributed by atoms with Gasteiger partial charge >= 0.3 is 0 Å². The maximum absolute atomic E-state index is 12.6. The molecule has 0 saturated carbocycles. The molecule has 13 nitrogen and oxygen atoms in total. The Morgan fingerprint density at radius 3 is 2.27 bits per heavy atom. The van der Waals surface area contributed by atoms with Crippen LogP contribution in [-0.2, 0) is 15.9 Å². The average Bonchev–Trinajstić information content (AvgIpc) is 2.98. The third kappa shape index (κ3) is 10.9. The number of benzene rings is 2. The van der Waals surface area contributed by atoms with Crippen molar-refractivity contribution >= 4 is 35.7 Å². The van der Waals surface area contributed by atoms with E-state index in [1.54, 1.807) is 36.4 Å². The number of hydrogen-bond donors (Lipinski definition) is 6. The zero-order valence-electron chi connectivity index (χ0n) is 22.3. The van der Waals surface area contributed by atoms with E-state index in [2.05, 4.69) is 36.2 Å². The summed E-state index contributed by atoms with van der Waals surface area (Å²) in [4.78, 5) is 36.6. The molecule has 0 spiro atoms.